The maximum Gasteiger partial charge on any atom is 0.311 e. The monoisotopic (exact) mass is 283 g/mol. The van der Waals surface area contributed by atoms with Crippen molar-refractivity contribution in [1.29, 1.82) is 0 Å². The van der Waals surface area contributed by atoms with E-state index in [4.69, 9.17) is 9.47 Å². The number of hydrogen-bond donors (Lipinski definition) is 1. The molecule has 0 aliphatic heterocycles. The smallest absolute Gasteiger partial charge is 0.311 e. The molecule has 0 spiro atoms. The Kier molecular flexibility index (Phi) is 5.40. The fourth-order valence-electron chi connectivity index (χ4n) is 3.71. The van der Waals surface area contributed by atoms with E-state index in [2.05, 4.69) is 5.32 Å². The second-order valence-corrected chi connectivity index (χ2v) is 5.78. The largest absolute Gasteiger partial charge is 0.469 e. The van der Waals surface area contributed by atoms with Crippen molar-refractivity contribution in [3.8, 4) is 0 Å². The van der Waals surface area contributed by atoms with Gasteiger partial charge in [-0.2, -0.15) is 0 Å². The highest BCUT2D eigenvalue weighted by atomic mass is 16.5. The Labute approximate surface area is 120 Å². The minimum Gasteiger partial charge on any atom is -0.469 e. The molecule has 2 fully saturated rings. The van der Waals surface area contributed by atoms with Gasteiger partial charge in [0.1, 0.15) is 0 Å². The third-order valence-electron chi connectivity index (χ3n) is 4.61. The van der Waals surface area contributed by atoms with Crippen molar-refractivity contribution in [2.75, 3.05) is 20.3 Å². The molecule has 0 aromatic heterocycles. The van der Waals surface area contributed by atoms with E-state index in [9.17, 15) is 9.59 Å². The van der Waals surface area contributed by atoms with Crippen LogP contribution < -0.4 is 5.32 Å². The highest BCUT2D eigenvalue weighted by Crippen LogP contribution is 2.48. The summed E-state index contributed by atoms with van der Waals surface area (Å²) in [7, 11) is 1.43. The number of rotatable bonds is 7. The summed E-state index contributed by atoms with van der Waals surface area (Å²) < 4.78 is 10.1. The van der Waals surface area contributed by atoms with Crippen molar-refractivity contribution < 1.29 is 19.1 Å². The Morgan fingerprint density at radius 2 is 2.00 bits per heavy atom. The minimum atomic E-state index is -0.170. The Hall–Kier alpha value is -1.10. The average Bonchev–Trinajstić information content (AvgIpc) is 3.04. The van der Waals surface area contributed by atoms with Crippen LogP contribution >= 0.6 is 0 Å². The SMILES string of the molecule is CCOCCCC(=O)N[C@@H]1[C@H]2CC[C@@H](C2)[C@H]1C(=O)OC. The zero-order chi connectivity index (χ0) is 14.5. The molecule has 2 rings (SSSR count). The van der Waals surface area contributed by atoms with Gasteiger partial charge in [0, 0.05) is 25.7 Å². The second-order valence-electron chi connectivity index (χ2n) is 5.78. The number of nitrogens with one attached hydrogen (secondary N) is 1. The van der Waals surface area contributed by atoms with Crippen LogP contribution in [-0.4, -0.2) is 38.2 Å². The lowest BCUT2D eigenvalue weighted by Gasteiger charge is -2.29. The summed E-state index contributed by atoms with van der Waals surface area (Å²) in [5.41, 5.74) is 0. The molecule has 114 valence electrons. The van der Waals surface area contributed by atoms with Crippen LogP contribution in [-0.2, 0) is 19.1 Å². The van der Waals surface area contributed by atoms with Crippen molar-refractivity contribution in [2.24, 2.45) is 17.8 Å². The third-order valence-corrected chi connectivity index (χ3v) is 4.61. The molecule has 2 aliphatic rings. The topological polar surface area (TPSA) is 64.6 Å². The van der Waals surface area contributed by atoms with Crippen LogP contribution in [0.4, 0.5) is 0 Å². The second kappa shape index (κ2) is 7.07. The number of fused-ring (bicyclic) bond motifs is 2. The van der Waals surface area contributed by atoms with Crippen LogP contribution in [0.3, 0.4) is 0 Å². The van der Waals surface area contributed by atoms with Gasteiger partial charge in [-0.3, -0.25) is 9.59 Å². The number of esters is 1. The lowest BCUT2D eigenvalue weighted by atomic mass is 9.84. The molecule has 0 unspecified atom stereocenters. The fraction of sp³-hybridized carbons (Fsp3) is 0.867. The molecular weight excluding hydrogens is 258 g/mol. The Morgan fingerprint density at radius 3 is 2.70 bits per heavy atom. The average molecular weight is 283 g/mol. The van der Waals surface area contributed by atoms with Crippen molar-refractivity contribution >= 4 is 11.9 Å². The first kappa shape index (κ1) is 15.3. The summed E-state index contributed by atoms with van der Waals surface area (Å²) in [5.74, 6) is 0.545. The van der Waals surface area contributed by atoms with Gasteiger partial charge in [0.15, 0.2) is 0 Å². The molecule has 0 heterocycles. The molecule has 4 atom stereocenters. The molecule has 0 radical (unpaired) electrons. The van der Waals surface area contributed by atoms with Crippen LogP contribution in [0.15, 0.2) is 0 Å². The van der Waals surface area contributed by atoms with E-state index in [0.717, 1.165) is 25.7 Å². The molecule has 5 nitrogen and oxygen atoms in total. The lowest BCUT2D eigenvalue weighted by Crippen LogP contribution is -2.47. The van der Waals surface area contributed by atoms with E-state index in [1.165, 1.54) is 7.11 Å². The van der Waals surface area contributed by atoms with Crippen LogP contribution in [0.5, 0.6) is 0 Å². The van der Waals surface area contributed by atoms with Crippen molar-refractivity contribution in [3.63, 3.8) is 0 Å². The molecule has 1 N–H and O–H groups in total. The van der Waals surface area contributed by atoms with E-state index >= 15 is 0 Å². The van der Waals surface area contributed by atoms with Crippen molar-refractivity contribution in [3.05, 3.63) is 0 Å². The summed E-state index contributed by atoms with van der Waals surface area (Å²) in [5, 5.41) is 3.06. The van der Waals surface area contributed by atoms with Crippen LogP contribution in [0.2, 0.25) is 0 Å². The predicted molar refractivity (Wildman–Crippen MR) is 74.0 cm³/mol. The number of methoxy groups -OCH3 is 1. The van der Waals surface area contributed by atoms with Gasteiger partial charge in [0.25, 0.3) is 0 Å². The number of carbonyl (C=O) groups is 2. The number of amides is 1. The number of hydrogen-bond acceptors (Lipinski definition) is 4. The fourth-order valence-corrected chi connectivity index (χ4v) is 3.71. The van der Waals surface area contributed by atoms with E-state index in [-0.39, 0.29) is 23.8 Å². The third kappa shape index (κ3) is 3.32. The van der Waals surface area contributed by atoms with Gasteiger partial charge < -0.3 is 14.8 Å². The van der Waals surface area contributed by atoms with Crippen LogP contribution in [0.25, 0.3) is 0 Å². The number of ether oxygens (including phenoxy) is 2. The first-order chi connectivity index (χ1) is 9.67. The maximum atomic E-state index is 12.0. The van der Waals surface area contributed by atoms with Gasteiger partial charge >= 0.3 is 5.97 Å². The molecule has 2 bridgehead atoms. The van der Waals surface area contributed by atoms with E-state index in [1.807, 2.05) is 6.92 Å². The number of carbonyl (C=O) groups excluding carboxylic acids is 2. The maximum absolute atomic E-state index is 12.0. The van der Waals surface area contributed by atoms with Crippen LogP contribution in [0.1, 0.15) is 39.0 Å². The van der Waals surface area contributed by atoms with Gasteiger partial charge in [-0.05, 0) is 44.4 Å². The predicted octanol–water partition coefficient (Wildman–Crippen LogP) is 1.51. The van der Waals surface area contributed by atoms with Crippen LogP contribution in [0, 0.1) is 17.8 Å². The molecule has 0 saturated heterocycles. The molecule has 1 amide bonds. The lowest BCUT2D eigenvalue weighted by molar-refractivity contribution is -0.148. The van der Waals surface area contributed by atoms with Gasteiger partial charge in [-0.25, -0.2) is 0 Å². The Morgan fingerprint density at radius 1 is 1.25 bits per heavy atom. The van der Waals surface area contributed by atoms with Gasteiger partial charge in [0.2, 0.25) is 5.91 Å². The molecule has 2 aliphatic carbocycles. The molecule has 0 aromatic carbocycles. The molecule has 20 heavy (non-hydrogen) atoms. The molecule has 0 aromatic rings. The highest BCUT2D eigenvalue weighted by molar-refractivity contribution is 5.79. The first-order valence-corrected chi connectivity index (χ1v) is 7.62. The standard InChI is InChI=1S/C15H25NO4/c1-3-20-8-4-5-12(17)16-14-11-7-6-10(9-11)13(14)15(18)19-2/h10-11,13-14H,3-9H2,1-2H3,(H,16,17)/t10-,11-,13+,14+/m0/s1. The first-order valence-electron chi connectivity index (χ1n) is 7.62. The quantitative estimate of drug-likeness (QED) is 0.568. The molecular formula is C15H25NO4. The van der Waals surface area contributed by atoms with Gasteiger partial charge in [-0.15, -0.1) is 0 Å². The Balaban J connectivity index is 1.84. The van der Waals surface area contributed by atoms with E-state index < -0.39 is 0 Å². The zero-order valence-electron chi connectivity index (χ0n) is 12.4. The molecule has 2 saturated carbocycles. The van der Waals surface area contributed by atoms with Gasteiger partial charge in [-0.1, -0.05) is 0 Å². The summed E-state index contributed by atoms with van der Waals surface area (Å²) in [4.78, 5) is 23.9. The van der Waals surface area contributed by atoms with E-state index in [0.29, 0.717) is 31.5 Å². The summed E-state index contributed by atoms with van der Waals surface area (Å²) >= 11 is 0. The van der Waals surface area contributed by atoms with Gasteiger partial charge in [0.05, 0.1) is 13.0 Å². The zero-order valence-corrected chi connectivity index (χ0v) is 12.4. The summed E-state index contributed by atoms with van der Waals surface area (Å²) in [6.45, 7) is 3.23. The minimum absolute atomic E-state index is 0.0242. The molecule has 5 heteroatoms. The Bertz CT molecular complexity index is 358. The highest BCUT2D eigenvalue weighted by Gasteiger charge is 2.51. The normalized spacial score (nSPS) is 31.3. The van der Waals surface area contributed by atoms with Crippen molar-refractivity contribution in [2.45, 2.75) is 45.1 Å². The summed E-state index contributed by atoms with van der Waals surface area (Å²) in [6, 6.07) is -0.0270. The van der Waals surface area contributed by atoms with E-state index in [1.54, 1.807) is 0 Å². The summed E-state index contributed by atoms with van der Waals surface area (Å²) in [6.07, 6.45) is 4.43. The van der Waals surface area contributed by atoms with Crippen molar-refractivity contribution in [1.82, 2.24) is 5.32 Å².